The summed E-state index contributed by atoms with van der Waals surface area (Å²) in [6.07, 6.45) is 0.371. The fourth-order valence-corrected chi connectivity index (χ4v) is 2.14. The lowest BCUT2D eigenvalue weighted by Gasteiger charge is -2.13. The van der Waals surface area contributed by atoms with Crippen molar-refractivity contribution in [2.24, 2.45) is 5.92 Å². The topological polar surface area (TPSA) is 57.5 Å². The van der Waals surface area contributed by atoms with E-state index in [1.165, 1.54) is 18.2 Å². The maximum Gasteiger partial charge on any atom is 0.307 e. The van der Waals surface area contributed by atoms with Crippen molar-refractivity contribution in [2.75, 3.05) is 0 Å². The zero-order chi connectivity index (χ0) is 14.5. The molecular weight excluding hydrogens is 259 g/mol. The van der Waals surface area contributed by atoms with E-state index in [0.717, 1.165) is 0 Å². The van der Waals surface area contributed by atoms with Gasteiger partial charge in [-0.15, -0.1) is 0 Å². The van der Waals surface area contributed by atoms with Crippen molar-refractivity contribution in [3.63, 3.8) is 0 Å². The van der Waals surface area contributed by atoms with E-state index in [4.69, 9.17) is 0 Å². The van der Waals surface area contributed by atoms with Gasteiger partial charge in [0, 0.05) is 0 Å². The predicted octanol–water partition coefficient (Wildman–Crippen LogP) is 3.02. The van der Waals surface area contributed by atoms with Crippen molar-refractivity contribution < 1.29 is 19.4 Å². The molecule has 0 aliphatic heterocycles. The van der Waals surface area contributed by atoms with Gasteiger partial charge in [-0.3, -0.25) is 4.79 Å². The van der Waals surface area contributed by atoms with Crippen molar-refractivity contribution in [2.45, 2.75) is 12.8 Å². The highest BCUT2D eigenvalue weighted by molar-refractivity contribution is 5.71. The van der Waals surface area contributed by atoms with Crippen LogP contribution in [0.1, 0.15) is 11.1 Å². The zero-order valence-corrected chi connectivity index (χ0v) is 10.8. The summed E-state index contributed by atoms with van der Waals surface area (Å²) in [5.41, 5.74) is 1.11. The Bertz CT molecular complexity index is 610. The molecule has 4 heteroatoms. The summed E-state index contributed by atoms with van der Waals surface area (Å²) >= 11 is 0. The fourth-order valence-electron chi connectivity index (χ4n) is 2.14. The van der Waals surface area contributed by atoms with E-state index in [0.29, 0.717) is 11.1 Å². The highest BCUT2D eigenvalue weighted by Crippen LogP contribution is 2.19. The summed E-state index contributed by atoms with van der Waals surface area (Å²) < 4.78 is 13.6. The van der Waals surface area contributed by atoms with Gasteiger partial charge in [0.1, 0.15) is 11.6 Å². The average Bonchev–Trinajstić information content (AvgIpc) is 2.40. The molecular formula is C16H15FO3. The smallest absolute Gasteiger partial charge is 0.307 e. The van der Waals surface area contributed by atoms with Crippen LogP contribution in [0.5, 0.6) is 5.75 Å². The summed E-state index contributed by atoms with van der Waals surface area (Å²) in [7, 11) is 0. The van der Waals surface area contributed by atoms with Crippen LogP contribution in [0.2, 0.25) is 0 Å². The van der Waals surface area contributed by atoms with Gasteiger partial charge in [0.15, 0.2) is 0 Å². The predicted molar refractivity (Wildman–Crippen MR) is 73.0 cm³/mol. The summed E-state index contributed by atoms with van der Waals surface area (Å²) in [5, 5.41) is 18.7. The van der Waals surface area contributed by atoms with E-state index < -0.39 is 17.7 Å². The molecule has 0 fully saturated rings. The van der Waals surface area contributed by atoms with Gasteiger partial charge < -0.3 is 10.2 Å². The van der Waals surface area contributed by atoms with Crippen LogP contribution in [-0.2, 0) is 17.6 Å². The third-order valence-corrected chi connectivity index (χ3v) is 3.17. The Hall–Kier alpha value is -2.36. The molecule has 2 N–H and O–H groups in total. The zero-order valence-electron chi connectivity index (χ0n) is 10.8. The number of phenolic OH excluding ortho intramolecular Hbond substituents is 1. The van der Waals surface area contributed by atoms with Crippen molar-refractivity contribution in [1.82, 2.24) is 0 Å². The van der Waals surface area contributed by atoms with Crippen LogP contribution in [0.15, 0.2) is 48.5 Å². The second-order valence-electron chi connectivity index (χ2n) is 4.70. The number of aliphatic carboxylic acids is 1. The van der Waals surface area contributed by atoms with Crippen LogP contribution >= 0.6 is 0 Å². The molecule has 0 aliphatic rings. The molecule has 0 aromatic heterocycles. The Balaban J connectivity index is 2.16. The Morgan fingerprint density at radius 3 is 2.50 bits per heavy atom. The molecule has 2 rings (SSSR count). The molecule has 0 saturated heterocycles. The van der Waals surface area contributed by atoms with Crippen molar-refractivity contribution in [1.29, 1.82) is 0 Å². The summed E-state index contributed by atoms with van der Waals surface area (Å²) in [4.78, 5) is 11.3. The molecule has 104 valence electrons. The van der Waals surface area contributed by atoms with Gasteiger partial charge in [-0.1, -0.05) is 30.3 Å². The first-order chi connectivity index (χ1) is 9.56. The molecule has 0 heterocycles. The van der Waals surface area contributed by atoms with Crippen molar-refractivity contribution >= 4 is 5.97 Å². The molecule has 0 saturated carbocycles. The van der Waals surface area contributed by atoms with E-state index in [9.17, 15) is 19.4 Å². The maximum absolute atomic E-state index is 13.6. The number of carboxylic acid groups (broad SMARTS) is 1. The van der Waals surface area contributed by atoms with Crippen LogP contribution in [-0.4, -0.2) is 16.2 Å². The minimum absolute atomic E-state index is 0.0949. The van der Waals surface area contributed by atoms with E-state index in [-0.39, 0.29) is 18.6 Å². The van der Waals surface area contributed by atoms with Gasteiger partial charge in [0.25, 0.3) is 0 Å². The molecule has 0 radical (unpaired) electrons. The van der Waals surface area contributed by atoms with Crippen LogP contribution in [0, 0.1) is 11.7 Å². The third kappa shape index (κ3) is 3.57. The Labute approximate surface area is 116 Å². The van der Waals surface area contributed by atoms with Crippen molar-refractivity contribution in [3.05, 3.63) is 65.5 Å². The van der Waals surface area contributed by atoms with E-state index in [2.05, 4.69) is 0 Å². The number of carboxylic acids is 1. The van der Waals surface area contributed by atoms with Gasteiger partial charge in [0.2, 0.25) is 0 Å². The summed E-state index contributed by atoms with van der Waals surface area (Å²) in [6.45, 7) is 0. The Morgan fingerprint density at radius 1 is 1.10 bits per heavy atom. The average molecular weight is 274 g/mol. The van der Waals surface area contributed by atoms with Gasteiger partial charge in [0.05, 0.1) is 5.92 Å². The molecule has 2 aromatic carbocycles. The number of halogens is 1. The quantitative estimate of drug-likeness (QED) is 0.881. The standard InChI is InChI=1S/C16H15FO3/c17-15-7-2-1-5-12(15)10-13(16(19)20)8-11-4-3-6-14(18)9-11/h1-7,9,13,18H,8,10H2,(H,19,20). The van der Waals surface area contributed by atoms with Crippen LogP contribution < -0.4 is 0 Å². The lowest BCUT2D eigenvalue weighted by molar-refractivity contribution is -0.141. The molecule has 0 bridgehead atoms. The first-order valence-electron chi connectivity index (χ1n) is 6.30. The van der Waals surface area contributed by atoms with E-state index in [1.54, 1.807) is 30.3 Å². The van der Waals surface area contributed by atoms with Gasteiger partial charge in [-0.25, -0.2) is 4.39 Å². The normalized spacial score (nSPS) is 12.1. The second-order valence-corrected chi connectivity index (χ2v) is 4.70. The Kier molecular flexibility index (Phi) is 4.35. The molecule has 0 aliphatic carbocycles. The maximum atomic E-state index is 13.6. The minimum atomic E-state index is -0.975. The van der Waals surface area contributed by atoms with E-state index in [1.807, 2.05) is 0 Å². The fraction of sp³-hybridized carbons (Fsp3) is 0.188. The highest BCUT2D eigenvalue weighted by atomic mass is 19.1. The Morgan fingerprint density at radius 2 is 1.85 bits per heavy atom. The van der Waals surface area contributed by atoms with Gasteiger partial charge in [-0.2, -0.15) is 0 Å². The number of aromatic hydroxyl groups is 1. The number of phenols is 1. The number of benzene rings is 2. The largest absolute Gasteiger partial charge is 0.508 e. The van der Waals surface area contributed by atoms with Crippen molar-refractivity contribution in [3.8, 4) is 5.75 Å². The number of carbonyl (C=O) groups is 1. The lowest BCUT2D eigenvalue weighted by atomic mass is 9.92. The number of rotatable bonds is 5. The first-order valence-corrected chi connectivity index (χ1v) is 6.30. The molecule has 0 spiro atoms. The minimum Gasteiger partial charge on any atom is -0.508 e. The van der Waals surface area contributed by atoms with Gasteiger partial charge >= 0.3 is 5.97 Å². The van der Waals surface area contributed by atoms with E-state index >= 15 is 0 Å². The molecule has 2 aromatic rings. The van der Waals surface area contributed by atoms with Crippen LogP contribution in [0.25, 0.3) is 0 Å². The third-order valence-electron chi connectivity index (χ3n) is 3.17. The molecule has 20 heavy (non-hydrogen) atoms. The molecule has 1 atom stereocenters. The first kappa shape index (κ1) is 14.1. The molecule has 3 nitrogen and oxygen atoms in total. The number of hydrogen-bond acceptors (Lipinski definition) is 2. The summed E-state index contributed by atoms with van der Waals surface area (Å²) in [6, 6.07) is 12.6. The van der Waals surface area contributed by atoms with Gasteiger partial charge in [-0.05, 0) is 42.2 Å². The monoisotopic (exact) mass is 274 g/mol. The second kappa shape index (κ2) is 6.19. The van der Waals surface area contributed by atoms with Crippen LogP contribution in [0.3, 0.4) is 0 Å². The highest BCUT2D eigenvalue weighted by Gasteiger charge is 2.20. The number of hydrogen-bond donors (Lipinski definition) is 2. The molecule has 1 unspecified atom stereocenters. The van der Waals surface area contributed by atoms with Crippen LogP contribution in [0.4, 0.5) is 4.39 Å². The molecule has 0 amide bonds. The lowest BCUT2D eigenvalue weighted by Crippen LogP contribution is -2.19. The summed E-state index contributed by atoms with van der Waals surface area (Å²) in [5.74, 6) is -2.00. The SMILES string of the molecule is O=C(O)C(Cc1cccc(O)c1)Cc1ccccc1F.